The molecular formula is C17H15BrF3NO3S. The third-order valence-corrected chi connectivity index (χ3v) is 4.33. The minimum Gasteiger partial charge on any atom is -0.495 e. The summed E-state index contributed by atoms with van der Waals surface area (Å²) < 4.78 is 69.4. The minimum absolute atomic E-state index is 0.257. The predicted octanol–water partition coefficient (Wildman–Crippen LogP) is 5.02. The summed E-state index contributed by atoms with van der Waals surface area (Å²) in [5, 5.41) is 0. The fourth-order valence-electron chi connectivity index (χ4n) is 2.24. The zero-order valence-electron chi connectivity index (χ0n) is 13.8. The number of benzene rings is 2. The van der Waals surface area contributed by atoms with Gasteiger partial charge in [-0.1, -0.05) is 40.2 Å². The fourth-order valence-corrected chi connectivity index (χ4v) is 3.28. The lowest BCUT2D eigenvalue weighted by molar-refractivity contribution is -0.138. The van der Waals surface area contributed by atoms with Crippen LogP contribution in [0.5, 0.6) is 5.75 Å². The Bertz CT molecular complexity index is 924. The van der Waals surface area contributed by atoms with E-state index in [1.165, 1.54) is 19.3 Å². The average molecular weight is 450 g/mol. The molecule has 0 saturated heterocycles. The topological polar surface area (TPSA) is 55.4 Å². The zero-order valence-corrected chi connectivity index (χ0v) is 16.2. The maximum Gasteiger partial charge on any atom is 0.420 e. The first-order chi connectivity index (χ1) is 12.0. The minimum atomic E-state index is -4.54. The van der Waals surface area contributed by atoms with Crippen LogP contribution >= 0.6 is 15.9 Å². The Morgan fingerprint density at radius 1 is 1.12 bits per heavy atom. The number of ether oxygens (including phenoxy) is 1. The van der Waals surface area contributed by atoms with Gasteiger partial charge < -0.3 is 4.74 Å². The molecule has 0 atom stereocenters. The van der Waals surface area contributed by atoms with Crippen molar-refractivity contribution in [1.29, 1.82) is 0 Å². The van der Waals surface area contributed by atoms with Gasteiger partial charge in [0.2, 0.25) is 10.0 Å². The number of alkyl halides is 3. The van der Waals surface area contributed by atoms with Gasteiger partial charge in [0.05, 0.1) is 18.9 Å². The largest absolute Gasteiger partial charge is 0.495 e. The van der Waals surface area contributed by atoms with E-state index in [2.05, 4.69) is 20.7 Å². The molecule has 0 heterocycles. The lowest BCUT2D eigenvalue weighted by Gasteiger charge is -2.15. The van der Waals surface area contributed by atoms with Crippen LogP contribution in [-0.2, 0) is 16.2 Å². The molecular weight excluding hydrogens is 435 g/mol. The summed E-state index contributed by atoms with van der Waals surface area (Å²) in [6.07, 6.45) is -0.401. The normalized spacial score (nSPS) is 12.4. The molecule has 4 nitrogen and oxygen atoms in total. The summed E-state index contributed by atoms with van der Waals surface area (Å²) in [7, 11) is -2.19. The summed E-state index contributed by atoms with van der Waals surface area (Å²) in [4.78, 5) is 0. The molecule has 1 N–H and O–H groups in total. The Hall–Kier alpha value is -2.00. The number of anilines is 1. The van der Waals surface area contributed by atoms with Gasteiger partial charge in [0.15, 0.2) is 0 Å². The van der Waals surface area contributed by atoms with Crippen LogP contribution in [0.4, 0.5) is 18.9 Å². The Labute approximate surface area is 157 Å². The number of nitrogens with one attached hydrogen (secondary N) is 1. The van der Waals surface area contributed by atoms with Crippen molar-refractivity contribution in [3.8, 4) is 5.75 Å². The molecule has 0 radical (unpaired) electrons. The molecule has 0 spiro atoms. The third-order valence-electron chi connectivity index (χ3n) is 3.26. The van der Waals surface area contributed by atoms with E-state index >= 15 is 0 Å². The van der Waals surface area contributed by atoms with Crippen LogP contribution in [0, 0.1) is 0 Å². The SMILES string of the molecule is COc1c(/C=C/c2ccc(NS(C)(=O)=O)cc2)cc(Br)cc1C(F)(F)F. The van der Waals surface area contributed by atoms with E-state index in [9.17, 15) is 21.6 Å². The molecule has 0 saturated carbocycles. The van der Waals surface area contributed by atoms with Crippen molar-refractivity contribution >= 4 is 43.8 Å². The van der Waals surface area contributed by atoms with Crippen molar-refractivity contribution in [2.24, 2.45) is 0 Å². The highest BCUT2D eigenvalue weighted by atomic mass is 79.9. The van der Waals surface area contributed by atoms with Crippen LogP contribution in [0.25, 0.3) is 12.2 Å². The van der Waals surface area contributed by atoms with Gasteiger partial charge in [-0.2, -0.15) is 13.2 Å². The molecule has 0 unspecified atom stereocenters. The molecule has 0 amide bonds. The van der Waals surface area contributed by atoms with Crippen LogP contribution < -0.4 is 9.46 Å². The average Bonchev–Trinajstić information content (AvgIpc) is 2.51. The lowest BCUT2D eigenvalue weighted by atomic mass is 10.1. The van der Waals surface area contributed by atoms with Gasteiger partial charge in [-0.05, 0) is 29.8 Å². The molecule has 0 bridgehead atoms. The number of hydrogen-bond acceptors (Lipinski definition) is 3. The van der Waals surface area contributed by atoms with Crippen molar-refractivity contribution < 1.29 is 26.3 Å². The highest BCUT2D eigenvalue weighted by Crippen LogP contribution is 2.40. The molecule has 0 aliphatic carbocycles. The Kier molecular flexibility index (Phi) is 6.02. The summed E-state index contributed by atoms with van der Waals surface area (Å²) in [6.45, 7) is 0. The van der Waals surface area contributed by atoms with Crippen LogP contribution in [0.3, 0.4) is 0 Å². The smallest absolute Gasteiger partial charge is 0.420 e. The van der Waals surface area contributed by atoms with Gasteiger partial charge >= 0.3 is 6.18 Å². The van der Waals surface area contributed by atoms with Gasteiger partial charge in [-0.15, -0.1) is 0 Å². The number of hydrogen-bond donors (Lipinski definition) is 1. The van der Waals surface area contributed by atoms with E-state index in [-0.39, 0.29) is 15.8 Å². The molecule has 0 aliphatic heterocycles. The van der Waals surface area contributed by atoms with Crippen molar-refractivity contribution in [1.82, 2.24) is 0 Å². The lowest BCUT2D eigenvalue weighted by Crippen LogP contribution is -2.09. The van der Waals surface area contributed by atoms with Crippen molar-refractivity contribution in [3.63, 3.8) is 0 Å². The Balaban J connectivity index is 2.34. The van der Waals surface area contributed by atoms with Gasteiger partial charge in [0.25, 0.3) is 0 Å². The van der Waals surface area contributed by atoms with E-state index < -0.39 is 21.8 Å². The van der Waals surface area contributed by atoms with Crippen LogP contribution in [0.15, 0.2) is 40.9 Å². The monoisotopic (exact) mass is 449 g/mol. The van der Waals surface area contributed by atoms with Crippen molar-refractivity contribution in [2.45, 2.75) is 6.18 Å². The highest BCUT2D eigenvalue weighted by molar-refractivity contribution is 9.10. The first-order valence-corrected chi connectivity index (χ1v) is 9.89. The first-order valence-electron chi connectivity index (χ1n) is 7.20. The summed E-state index contributed by atoms with van der Waals surface area (Å²) in [5.41, 5.74) is 0.456. The van der Waals surface area contributed by atoms with Gasteiger partial charge in [-0.25, -0.2) is 8.42 Å². The van der Waals surface area contributed by atoms with Crippen LogP contribution in [0.2, 0.25) is 0 Å². The van der Waals surface area contributed by atoms with E-state index in [1.54, 1.807) is 30.3 Å². The molecule has 0 aromatic heterocycles. The fraction of sp³-hybridized carbons (Fsp3) is 0.176. The molecule has 140 valence electrons. The molecule has 2 aromatic rings. The third kappa shape index (κ3) is 5.50. The molecule has 0 aliphatic rings. The maximum atomic E-state index is 13.2. The number of rotatable bonds is 5. The summed E-state index contributed by atoms with van der Waals surface area (Å²) >= 11 is 3.08. The van der Waals surface area contributed by atoms with Crippen molar-refractivity contribution in [3.05, 3.63) is 57.6 Å². The molecule has 2 rings (SSSR count). The van der Waals surface area contributed by atoms with E-state index in [4.69, 9.17) is 4.74 Å². The zero-order chi connectivity index (χ0) is 19.5. The number of halogens is 4. The quantitative estimate of drug-likeness (QED) is 0.652. The Morgan fingerprint density at radius 2 is 1.73 bits per heavy atom. The second-order valence-electron chi connectivity index (χ2n) is 5.40. The molecule has 2 aromatic carbocycles. The van der Waals surface area contributed by atoms with Gasteiger partial charge in [-0.3, -0.25) is 4.72 Å². The molecule has 26 heavy (non-hydrogen) atoms. The van der Waals surface area contributed by atoms with E-state index in [0.717, 1.165) is 12.3 Å². The predicted molar refractivity (Wildman–Crippen MR) is 99.5 cm³/mol. The second kappa shape index (κ2) is 7.71. The van der Waals surface area contributed by atoms with E-state index in [0.29, 0.717) is 11.3 Å². The highest BCUT2D eigenvalue weighted by Gasteiger charge is 2.35. The standard InChI is InChI=1S/C17H15BrF3NO3S/c1-25-16-12(9-13(18)10-15(16)17(19,20)21)6-3-11-4-7-14(8-5-11)22-26(2,23)24/h3-10,22H,1-2H3/b6-3+. The summed E-state index contributed by atoms with van der Waals surface area (Å²) in [5.74, 6) is -0.271. The van der Waals surface area contributed by atoms with Crippen LogP contribution in [0.1, 0.15) is 16.7 Å². The second-order valence-corrected chi connectivity index (χ2v) is 8.07. The van der Waals surface area contributed by atoms with Gasteiger partial charge in [0.1, 0.15) is 5.75 Å². The first kappa shape index (κ1) is 20.3. The van der Waals surface area contributed by atoms with Crippen molar-refractivity contribution in [2.75, 3.05) is 18.1 Å². The number of sulfonamides is 1. The molecule has 9 heteroatoms. The van der Waals surface area contributed by atoms with E-state index in [1.807, 2.05) is 0 Å². The molecule has 0 fully saturated rings. The maximum absolute atomic E-state index is 13.2. The Morgan fingerprint density at radius 3 is 2.23 bits per heavy atom. The number of methoxy groups -OCH3 is 1. The van der Waals surface area contributed by atoms with Crippen LogP contribution in [-0.4, -0.2) is 21.8 Å². The summed E-state index contributed by atoms with van der Waals surface area (Å²) in [6, 6.07) is 8.87. The van der Waals surface area contributed by atoms with Gasteiger partial charge in [0, 0.05) is 15.7 Å².